The first-order valence-electron chi connectivity index (χ1n) is 8.50. The highest BCUT2D eigenvalue weighted by atomic mass is 28.3. The summed E-state index contributed by atoms with van der Waals surface area (Å²) in [5.74, 6) is 3.04. The average molecular weight is 299 g/mol. The van der Waals surface area contributed by atoms with Crippen molar-refractivity contribution >= 4 is 17.6 Å². The van der Waals surface area contributed by atoms with Crippen molar-refractivity contribution in [3.8, 4) is 0 Å². The van der Waals surface area contributed by atoms with E-state index in [1.165, 1.54) is 12.8 Å². The van der Waals surface area contributed by atoms with Crippen molar-refractivity contribution in [2.24, 2.45) is 17.8 Å². The lowest BCUT2D eigenvalue weighted by atomic mass is 9.77. The molecule has 1 aliphatic carbocycles. The minimum atomic E-state index is -0.955. The molecule has 4 atom stereocenters. The maximum Gasteiger partial charge on any atom is 0.0476 e. The smallest absolute Gasteiger partial charge is 0.0476 e. The molecule has 0 aromatic rings. The van der Waals surface area contributed by atoms with Gasteiger partial charge in [0.2, 0.25) is 0 Å². The van der Waals surface area contributed by atoms with Crippen LogP contribution in [-0.4, -0.2) is 17.6 Å². The van der Waals surface area contributed by atoms with Crippen LogP contribution in [0.4, 0.5) is 0 Å². The second-order valence-corrected chi connectivity index (χ2v) is 18.3. The summed E-state index contributed by atoms with van der Waals surface area (Å²) in [4.78, 5) is 0. The Bertz CT molecular complexity index is 272. The van der Waals surface area contributed by atoms with E-state index >= 15 is 0 Å². The van der Waals surface area contributed by atoms with E-state index in [1.54, 1.807) is 12.5 Å². The van der Waals surface area contributed by atoms with E-state index in [4.69, 9.17) is 0 Å². The summed E-state index contributed by atoms with van der Waals surface area (Å²) in [6, 6.07) is 1.57. The lowest BCUT2D eigenvalue weighted by Crippen LogP contribution is -2.38. The second kappa shape index (κ2) is 6.47. The summed E-state index contributed by atoms with van der Waals surface area (Å²) in [5, 5.41) is 0.647. The highest BCUT2D eigenvalue weighted by Crippen LogP contribution is 2.46. The molecule has 1 saturated carbocycles. The summed E-state index contributed by atoms with van der Waals surface area (Å²) in [5.41, 5.74) is 1.07. The molecule has 4 unspecified atom stereocenters. The van der Waals surface area contributed by atoms with Crippen LogP contribution in [-0.2, 0) is 0 Å². The first-order valence-corrected chi connectivity index (χ1v) is 13.8. The van der Waals surface area contributed by atoms with E-state index in [-0.39, 0.29) is 9.52 Å². The molecule has 0 amide bonds. The molecule has 0 N–H and O–H groups in total. The monoisotopic (exact) mass is 298 g/mol. The standard InChI is InChI=1S/C17H38Si2/c1-13-9-10-15(11-16(13)19(6,7)8)14(2)12-18-17(3,4)5/h13-16H,9-12,18H2,1-8H3. The SMILES string of the molecule is CC(C[SiH2]C(C)(C)C)C1CCC(C)C([Si](C)(C)C)C1. The Hall–Kier alpha value is 0.434. The van der Waals surface area contributed by atoms with Crippen molar-refractivity contribution in [2.45, 2.75) is 90.1 Å². The molecule has 0 saturated heterocycles. The summed E-state index contributed by atoms with van der Waals surface area (Å²) in [6.45, 7) is 20.2. The van der Waals surface area contributed by atoms with Gasteiger partial charge in [-0.15, -0.1) is 0 Å². The topological polar surface area (TPSA) is 0 Å². The van der Waals surface area contributed by atoms with Gasteiger partial charge in [-0.2, -0.15) is 0 Å². The fourth-order valence-electron chi connectivity index (χ4n) is 3.97. The third-order valence-electron chi connectivity index (χ3n) is 5.50. The van der Waals surface area contributed by atoms with Crippen LogP contribution in [0.3, 0.4) is 0 Å². The second-order valence-electron chi connectivity index (χ2n) is 9.60. The van der Waals surface area contributed by atoms with Crippen LogP contribution in [0.1, 0.15) is 53.9 Å². The lowest BCUT2D eigenvalue weighted by molar-refractivity contribution is 0.230. The van der Waals surface area contributed by atoms with Crippen molar-refractivity contribution in [1.82, 2.24) is 0 Å². The highest BCUT2D eigenvalue weighted by Gasteiger charge is 2.37. The molecule has 0 nitrogen and oxygen atoms in total. The minimum absolute atomic E-state index is 0.104. The molecular weight excluding hydrogens is 260 g/mol. The molecule has 0 aliphatic heterocycles. The summed E-state index contributed by atoms with van der Waals surface area (Å²) >= 11 is 0. The third kappa shape index (κ3) is 5.75. The van der Waals surface area contributed by atoms with Crippen molar-refractivity contribution in [3.05, 3.63) is 0 Å². The van der Waals surface area contributed by atoms with E-state index in [0.717, 1.165) is 23.3 Å². The third-order valence-corrected chi connectivity index (χ3v) is 11.2. The number of hydrogen-bond acceptors (Lipinski definition) is 0. The molecule has 1 aliphatic rings. The van der Waals surface area contributed by atoms with Gasteiger partial charge in [-0.3, -0.25) is 0 Å². The van der Waals surface area contributed by atoms with Gasteiger partial charge >= 0.3 is 0 Å². The van der Waals surface area contributed by atoms with Gasteiger partial charge in [0.15, 0.2) is 0 Å². The van der Waals surface area contributed by atoms with Crippen molar-refractivity contribution < 1.29 is 0 Å². The minimum Gasteiger partial charge on any atom is -0.0693 e. The lowest BCUT2D eigenvalue weighted by Gasteiger charge is -2.43. The van der Waals surface area contributed by atoms with Crippen LogP contribution >= 0.6 is 0 Å². The largest absolute Gasteiger partial charge is 0.0693 e. The van der Waals surface area contributed by atoms with E-state index in [0.29, 0.717) is 5.04 Å². The molecule has 0 heterocycles. The molecule has 0 aromatic carbocycles. The maximum atomic E-state index is 2.59. The Kier molecular flexibility index (Phi) is 5.95. The molecule has 0 bridgehead atoms. The normalized spacial score (nSPS) is 31.9. The zero-order valence-electron chi connectivity index (χ0n) is 14.8. The molecule has 1 rings (SSSR count). The molecule has 1 fully saturated rings. The molecule has 2 heteroatoms. The van der Waals surface area contributed by atoms with Crippen LogP contribution in [0, 0.1) is 17.8 Å². The summed E-state index contributed by atoms with van der Waals surface area (Å²) in [6.07, 6.45) is 4.57. The Morgan fingerprint density at radius 3 is 2.21 bits per heavy atom. The number of hydrogen-bond donors (Lipinski definition) is 0. The van der Waals surface area contributed by atoms with Gasteiger partial charge in [0.25, 0.3) is 0 Å². The Morgan fingerprint density at radius 2 is 1.74 bits per heavy atom. The first-order chi connectivity index (χ1) is 8.50. The Labute approximate surface area is 126 Å². The van der Waals surface area contributed by atoms with Crippen molar-refractivity contribution in [1.29, 1.82) is 0 Å². The van der Waals surface area contributed by atoms with Crippen LogP contribution in [0.2, 0.25) is 36.3 Å². The fourth-order valence-corrected chi connectivity index (χ4v) is 8.65. The molecule has 114 valence electrons. The van der Waals surface area contributed by atoms with Crippen LogP contribution in [0.5, 0.6) is 0 Å². The van der Waals surface area contributed by atoms with Crippen molar-refractivity contribution in [2.75, 3.05) is 0 Å². The predicted octanol–water partition coefficient (Wildman–Crippen LogP) is 5.57. The summed E-state index contributed by atoms with van der Waals surface area (Å²) < 4.78 is 0. The molecule has 19 heavy (non-hydrogen) atoms. The van der Waals surface area contributed by atoms with E-state index in [2.05, 4.69) is 54.3 Å². The van der Waals surface area contributed by atoms with Gasteiger partial charge in [-0.05, 0) is 41.2 Å². The highest BCUT2D eigenvalue weighted by molar-refractivity contribution is 6.77. The molecule has 0 aromatic heterocycles. The summed E-state index contributed by atoms with van der Waals surface area (Å²) in [7, 11) is -0.851. The predicted molar refractivity (Wildman–Crippen MR) is 95.8 cm³/mol. The van der Waals surface area contributed by atoms with Crippen LogP contribution in [0.15, 0.2) is 0 Å². The maximum absolute atomic E-state index is 2.59. The first kappa shape index (κ1) is 17.5. The quantitative estimate of drug-likeness (QED) is 0.595. The Balaban J connectivity index is 2.55. The van der Waals surface area contributed by atoms with Gasteiger partial charge in [-0.1, -0.05) is 66.7 Å². The van der Waals surface area contributed by atoms with Gasteiger partial charge in [0.05, 0.1) is 0 Å². The Morgan fingerprint density at radius 1 is 1.16 bits per heavy atom. The van der Waals surface area contributed by atoms with Gasteiger partial charge in [-0.25, -0.2) is 0 Å². The van der Waals surface area contributed by atoms with Gasteiger partial charge < -0.3 is 0 Å². The van der Waals surface area contributed by atoms with E-state index in [9.17, 15) is 0 Å². The number of rotatable bonds is 4. The van der Waals surface area contributed by atoms with Crippen LogP contribution in [0.25, 0.3) is 0 Å². The van der Waals surface area contributed by atoms with Crippen molar-refractivity contribution in [3.63, 3.8) is 0 Å². The zero-order chi connectivity index (χ0) is 14.8. The molecule has 0 radical (unpaired) electrons. The molecule has 0 spiro atoms. The van der Waals surface area contributed by atoms with E-state index < -0.39 is 8.07 Å². The average Bonchev–Trinajstić information content (AvgIpc) is 2.24. The molecular formula is C17H38Si2. The zero-order valence-corrected chi connectivity index (χ0v) is 17.3. The van der Waals surface area contributed by atoms with Crippen LogP contribution < -0.4 is 0 Å². The fraction of sp³-hybridized carbons (Fsp3) is 1.00. The van der Waals surface area contributed by atoms with Gasteiger partial charge in [0, 0.05) is 17.6 Å². The van der Waals surface area contributed by atoms with Gasteiger partial charge in [0.1, 0.15) is 0 Å². The van der Waals surface area contributed by atoms with E-state index in [1.807, 2.05) is 0 Å².